The number of halogens is 1. The Kier molecular flexibility index (Phi) is 10.7. The van der Waals surface area contributed by atoms with E-state index in [0.717, 1.165) is 30.4 Å². The molecule has 1 nitrogen and oxygen atoms in total. The van der Waals surface area contributed by atoms with Gasteiger partial charge in [0, 0.05) is 0 Å². The first kappa shape index (κ1) is 22.5. The average molecular weight is 385 g/mol. The molecule has 0 heterocycles. The van der Waals surface area contributed by atoms with Crippen molar-refractivity contribution in [2.24, 2.45) is 0 Å². The predicted octanol–water partition coefficient (Wildman–Crippen LogP) is 8.35. The Morgan fingerprint density at radius 2 is 1.29 bits per heavy atom. The zero-order valence-electron chi connectivity index (χ0n) is 17.8. The fourth-order valence-electron chi connectivity index (χ4n) is 3.48. The van der Waals surface area contributed by atoms with Crippen LogP contribution in [-0.2, 0) is 6.42 Å². The molecular weight excluding hydrogens is 347 g/mol. The number of ether oxygens (including phenoxy) is 1. The molecule has 0 saturated carbocycles. The summed E-state index contributed by atoms with van der Waals surface area (Å²) in [7, 11) is 0. The van der Waals surface area contributed by atoms with Crippen molar-refractivity contribution in [3.63, 3.8) is 0 Å². The number of benzene rings is 2. The minimum Gasteiger partial charge on any atom is -0.491 e. The highest BCUT2D eigenvalue weighted by molar-refractivity contribution is 5.64. The molecular formula is C26H37FO. The molecule has 2 heteroatoms. The van der Waals surface area contributed by atoms with E-state index in [4.69, 9.17) is 4.74 Å². The van der Waals surface area contributed by atoms with Gasteiger partial charge in [-0.15, -0.1) is 0 Å². The van der Waals surface area contributed by atoms with Crippen LogP contribution in [0.2, 0.25) is 0 Å². The summed E-state index contributed by atoms with van der Waals surface area (Å²) in [5.74, 6) is 0.0871. The van der Waals surface area contributed by atoms with Crippen molar-refractivity contribution in [1.82, 2.24) is 0 Å². The first-order chi connectivity index (χ1) is 13.7. The lowest BCUT2D eigenvalue weighted by Gasteiger charge is -2.09. The van der Waals surface area contributed by atoms with E-state index in [-0.39, 0.29) is 5.82 Å². The maximum Gasteiger partial charge on any atom is 0.165 e. The number of rotatable bonds is 14. The quantitative estimate of drug-likeness (QED) is 0.297. The number of hydrogen-bond donors (Lipinski definition) is 0. The summed E-state index contributed by atoms with van der Waals surface area (Å²) in [5, 5.41) is 0. The lowest BCUT2D eigenvalue weighted by atomic mass is 10.0. The Morgan fingerprint density at radius 3 is 1.96 bits per heavy atom. The second kappa shape index (κ2) is 13.4. The van der Waals surface area contributed by atoms with Gasteiger partial charge in [0.15, 0.2) is 11.6 Å². The van der Waals surface area contributed by atoms with E-state index in [0.29, 0.717) is 12.4 Å². The number of hydrogen-bond acceptors (Lipinski definition) is 1. The van der Waals surface area contributed by atoms with Gasteiger partial charge >= 0.3 is 0 Å². The van der Waals surface area contributed by atoms with E-state index in [9.17, 15) is 4.39 Å². The normalized spacial score (nSPS) is 11.0. The van der Waals surface area contributed by atoms with Crippen molar-refractivity contribution >= 4 is 0 Å². The van der Waals surface area contributed by atoms with E-state index in [1.165, 1.54) is 56.9 Å². The van der Waals surface area contributed by atoms with Crippen molar-refractivity contribution in [3.05, 3.63) is 53.8 Å². The standard InChI is InChI=1S/C26H37FO/c1-3-5-7-9-10-11-13-22-14-16-23(17-15-22)24-18-19-26(25(27)21-24)28-20-12-8-6-4-2/h14-19,21H,3-13,20H2,1-2H3. The van der Waals surface area contributed by atoms with Crippen LogP contribution in [0.25, 0.3) is 11.1 Å². The van der Waals surface area contributed by atoms with Gasteiger partial charge in [-0.25, -0.2) is 4.39 Å². The Morgan fingerprint density at radius 1 is 0.679 bits per heavy atom. The summed E-state index contributed by atoms with van der Waals surface area (Å²) in [6.45, 7) is 5.02. The largest absolute Gasteiger partial charge is 0.491 e. The Bertz CT molecular complexity index is 663. The first-order valence-electron chi connectivity index (χ1n) is 11.3. The van der Waals surface area contributed by atoms with E-state index in [1.807, 2.05) is 6.07 Å². The van der Waals surface area contributed by atoms with Gasteiger partial charge in [0.05, 0.1) is 6.61 Å². The van der Waals surface area contributed by atoms with Gasteiger partial charge in [0.2, 0.25) is 0 Å². The zero-order valence-corrected chi connectivity index (χ0v) is 17.8. The lowest BCUT2D eigenvalue weighted by Crippen LogP contribution is -1.99. The van der Waals surface area contributed by atoms with Gasteiger partial charge in [-0.2, -0.15) is 0 Å². The van der Waals surface area contributed by atoms with Gasteiger partial charge in [-0.05, 0) is 48.1 Å². The van der Waals surface area contributed by atoms with Gasteiger partial charge in [-0.1, -0.05) is 95.5 Å². The molecule has 0 bridgehead atoms. The van der Waals surface area contributed by atoms with Crippen LogP contribution in [-0.4, -0.2) is 6.61 Å². The summed E-state index contributed by atoms with van der Waals surface area (Å²) in [6, 6.07) is 13.9. The zero-order chi connectivity index (χ0) is 20.0. The fraction of sp³-hybridized carbons (Fsp3) is 0.538. The molecule has 0 N–H and O–H groups in total. The van der Waals surface area contributed by atoms with E-state index < -0.39 is 0 Å². The highest BCUT2D eigenvalue weighted by Gasteiger charge is 2.07. The molecule has 0 aromatic heterocycles. The highest BCUT2D eigenvalue weighted by atomic mass is 19.1. The van der Waals surface area contributed by atoms with Crippen LogP contribution >= 0.6 is 0 Å². The second-order valence-corrected chi connectivity index (χ2v) is 7.77. The molecule has 0 unspecified atom stereocenters. The minimum atomic E-state index is -0.274. The molecule has 0 aliphatic heterocycles. The molecule has 154 valence electrons. The molecule has 0 spiro atoms. The van der Waals surface area contributed by atoms with Crippen molar-refractivity contribution in [3.8, 4) is 16.9 Å². The molecule has 0 aliphatic rings. The van der Waals surface area contributed by atoms with Crippen molar-refractivity contribution in [2.45, 2.75) is 84.5 Å². The van der Waals surface area contributed by atoms with Gasteiger partial charge < -0.3 is 4.74 Å². The maximum absolute atomic E-state index is 14.4. The smallest absolute Gasteiger partial charge is 0.165 e. The third kappa shape index (κ3) is 8.04. The molecule has 2 aromatic rings. The SMILES string of the molecule is CCCCCCCCc1ccc(-c2ccc(OCCCCCC)c(F)c2)cc1. The second-order valence-electron chi connectivity index (χ2n) is 7.77. The van der Waals surface area contributed by atoms with Crippen LogP contribution in [0.3, 0.4) is 0 Å². The molecule has 0 saturated heterocycles. The molecule has 28 heavy (non-hydrogen) atoms. The van der Waals surface area contributed by atoms with E-state index in [1.54, 1.807) is 12.1 Å². The van der Waals surface area contributed by atoms with E-state index in [2.05, 4.69) is 38.1 Å². The van der Waals surface area contributed by atoms with Crippen LogP contribution in [0.1, 0.15) is 83.6 Å². The van der Waals surface area contributed by atoms with Crippen LogP contribution in [0, 0.1) is 5.82 Å². The van der Waals surface area contributed by atoms with Crippen molar-refractivity contribution < 1.29 is 9.13 Å². The Labute approximate surface area is 171 Å². The molecule has 0 radical (unpaired) electrons. The summed E-state index contributed by atoms with van der Waals surface area (Å²) >= 11 is 0. The summed E-state index contributed by atoms with van der Waals surface area (Å²) in [5.41, 5.74) is 3.33. The molecule has 0 atom stereocenters. The van der Waals surface area contributed by atoms with E-state index >= 15 is 0 Å². The third-order valence-corrected chi connectivity index (χ3v) is 5.29. The summed E-state index contributed by atoms with van der Waals surface area (Å²) in [6.07, 6.45) is 13.6. The van der Waals surface area contributed by atoms with Crippen LogP contribution in [0.15, 0.2) is 42.5 Å². The lowest BCUT2D eigenvalue weighted by molar-refractivity contribution is 0.290. The summed E-state index contributed by atoms with van der Waals surface area (Å²) < 4.78 is 20.0. The van der Waals surface area contributed by atoms with Gasteiger partial charge in [-0.3, -0.25) is 0 Å². The van der Waals surface area contributed by atoms with Crippen LogP contribution in [0.5, 0.6) is 5.75 Å². The molecule has 0 aliphatic carbocycles. The van der Waals surface area contributed by atoms with Crippen molar-refractivity contribution in [1.29, 1.82) is 0 Å². The Hall–Kier alpha value is -1.83. The minimum absolute atomic E-state index is 0.274. The van der Waals surface area contributed by atoms with Crippen LogP contribution < -0.4 is 4.74 Å². The molecule has 0 amide bonds. The number of aryl methyl sites for hydroxylation is 1. The first-order valence-corrected chi connectivity index (χ1v) is 11.3. The predicted molar refractivity (Wildman–Crippen MR) is 119 cm³/mol. The van der Waals surface area contributed by atoms with Gasteiger partial charge in [0.25, 0.3) is 0 Å². The molecule has 2 rings (SSSR count). The Balaban J connectivity index is 1.81. The highest BCUT2D eigenvalue weighted by Crippen LogP contribution is 2.26. The molecule has 0 fully saturated rings. The maximum atomic E-state index is 14.4. The van der Waals surface area contributed by atoms with Crippen LogP contribution in [0.4, 0.5) is 4.39 Å². The third-order valence-electron chi connectivity index (χ3n) is 5.29. The number of unbranched alkanes of at least 4 members (excludes halogenated alkanes) is 8. The molecule has 2 aromatic carbocycles. The fourth-order valence-corrected chi connectivity index (χ4v) is 3.48. The van der Waals surface area contributed by atoms with Crippen molar-refractivity contribution in [2.75, 3.05) is 6.61 Å². The topological polar surface area (TPSA) is 9.23 Å². The average Bonchev–Trinajstić information content (AvgIpc) is 2.72. The van der Waals surface area contributed by atoms with Gasteiger partial charge in [0.1, 0.15) is 0 Å². The summed E-state index contributed by atoms with van der Waals surface area (Å²) in [4.78, 5) is 0. The monoisotopic (exact) mass is 384 g/mol.